The molecule has 8 nitrogen and oxygen atoms in total. The Morgan fingerprint density at radius 2 is 1.10 bits per heavy atom. The smallest absolute Gasteiger partial charge is 0.268 e. The quantitative estimate of drug-likeness (QED) is 0.0284. The van der Waals surface area contributed by atoms with Crippen LogP contribution in [0, 0.1) is 0 Å². The molecule has 0 radical (unpaired) electrons. The van der Waals surface area contributed by atoms with E-state index in [2.05, 4.69) is 43.5 Å². The summed E-state index contributed by atoms with van der Waals surface area (Å²) < 4.78 is 23.1. The van der Waals surface area contributed by atoms with Gasteiger partial charge in [0.2, 0.25) is 5.91 Å². The second-order valence-corrected chi connectivity index (χ2v) is 16.7. The van der Waals surface area contributed by atoms with Crippen LogP contribution in [0.4, 0.5) is 0 Å². The molecule has 51 heavy (non-hydrogen) atoms. The van der Waals surface area contributed by atoms with Gasteiger partial charge in [-0.25, -0.2) is 0 Å². The van der Waals surface area contributed by atoms with E-state index in [4.69, 9.17) is 9.05 Å². The number of quaternary nitrogens is 1. The minimum absolute atomic E-state index is 0.00812. The van der Waals surface area contributed by atoms with Crippen LogP contribution in [0.3, 0.4) is 0 Å². The third-order valence-electron chi connectivity index (χ3n) is 9.07. The number of aliphatic hydroxyl groups excluding tert-OH is 1. The third kappa shape index (κ3) is 36.9. The lowest BCUT2D eigenvalue weighted by molar-refractivity contribution is -0.870. The van der Waals surface area contributed by atoms with E-state index in [-0.39, 0.29) is 12.5 Å². The summed E-state index contributed by atoms with van der Waals surface area (Å²) in [7, 11) is 1.23. The summed E-state index contributed by atoms with van der Waals surface area (Å²) in [5.41, 5.74) is 0. The summed E-state index contributed by atoms with van der Waals surface area (Å²) in [6, 6.07) is -0.904. The van der Waals surface area contributed by atoms with Gasteiger partial charge < -0.3 is 28.8 Å². The normalized spacial score (nSPS) is 14.9. The molecule has 0 saturated heterocycles. The fourth-order valence-electron chi connectivity index (χ4n) is 5.69. The Morgan fingerprint density at radius 3 is 1.59 bits per heavy atom. The number of unbranched alkanes of at least 4 members (excludes halogenated alkanes) is 20. The number of hydrogen-bond donors (Lipinski definition) is 2. The van der Waals surface area contributed by atoms with E-state index in [0.717, 1.165) is 57.8 Å². The van der Waals surface area contributed by atoms with Crippen molar-refractivity contribution in [2.24, 2.45) is 0 Å². The molecule has 0 heterocycles. The Kier molecular flexibility index (Phi) is 33.6. The first-order valence-corrected chi connectivity index (χ1v) is 22.3. The van der Waals surface area contributed by atoms with Gasteiger partial charge in [-0.05, 0) is 57.8 Å². The van der Waals surface area contributed by atoms with Crippen LogP contribution >= 0.6 is 7.82 Å². The van der Waals surface area contributed by atoms with E-state index in [0.29, 0.717) is 17.4 Å². The molecule has 0 spiro atoms. The van der Waals surface area contributed by atoms with Crippen molar-refractivity contribution in [3.63, 3.8) is 0 Å². The van der Waals surface area contributed by atoms with Gasteiger partial charge in [-0.1, -0.05) is 147 Å². The van der Waals surface area contributed by atoms with Crippen LogP contribution in [0.5, 0.6) is 0 Å². The van der Waals surface area contributed by atoms with Crippen LogP contribution in [-0.2, 0) is 18.4 Å². The topological polar surface area (TPSA) is 108 Å². The summed E-state index contributed by atoms with van der Waals surface area (Å²) in [5, 5.41) is 13.7. The molecule has 9 heteroatoms. The fraction of sp³-hybridized carbons (Fsp3) is 0.833. The highest BCUT2D eigenvalue weighted by molar-refractivity contribution is 7.45. The number of nitrogens with one attached hydrogen (secondary N) is 1. The molecule has 1 amide bonds. The number of rotatable bonds is 37. The van der Waals surface area contributed by atoms with Crippen molar-refractivity contribution in [1.29, 1.82) is 0 Å². The summed E-state index contributed by atoms with van der Waals surface area (Å²) >= 11 is 0. The third-order valence-corrected chi connectivity index (χ3v) is 10.0. The molecule has 1 unspecified atom stereocenters. The van der Waals surface area contributed by atoms with Gasteiger partial charge in [0.25, 0.3) is 7.82 Å². The highest BCUT2D eigenvalue weighted by Gasteiger charge is 2.23. The van der Waals surface area contributed by atoms with Gasteiger partial charge in [0.1, 0.15) is 13.2 Å². The van der Waals surface area contributed by atoms with E-state index >= 15 is 0 Å². The molecule has 2 N–H and O–H groups in total. The van der Waals surface area contributed by atoms with E-state index in [1.165, 1.54) is 96.3 Å². The van der Waals surface area contributed by atoms with Gasteiger partial charge in [-0.15, -0.1) is 0 Å². The Labute approximate surface area is 315 Å². The van der Waals surface area contributed by atoms with Crippen LogP contribution in [0.25, 0.3) is 0 Å². The zero-order valence-electron chi connectivity index (χ0n) is 33.8. The predicted molar refractivity (Wildman–Crippen MR) is 215 cm³/mol. The molecule has 0 fully saturated rings. The molecule has 0 aromatic rings. The van der Waals surface area contributed by atoms with Crippen molar-refractivity contribution >= 4 is 13.7 Å². The standard InChI is InChI=1S/C42H81N2O6P/c1-6-8-10-12-14-16-18-20-22-23-25-27-29-31-33-35-41(45)40(39-50-51(47,48)49-38-37-44(3,4)5)43-42(46)36-34-32-30-28-26-24-21-19-17-15-13-11-9-7-2/h19,21,25,27,33,35,40-41,45H,6-18,20,22-24,26,28-32,34,36-39H2,1-5H3,(H-,43,46,47,48)/b21-19+,27-25+,35-33+/t40-,41+/m0/s1. The zero-order chi connectivity index (χ0) is 37.9. The number of phosphoric ester groups is 1. The largest absolute Gasteiger partial charge is 0.756 e. The van der Waals surface area contributed by atoms with Crippen molar-refractivity contribution in [1.82, 2.24) is 5.32 Å². The average molecular weight is 741 g/mol. The van der Waals surface area contributed by atoms with E-state index in [1.807, 2.05) is 27.2 Å². The number of phosphoric acid groups is 1. The number of nitrogens with zero attached hydrogens (tertiary/aromatic N) is 1. The number of carbonyl (C=O) groups is 1. The van der Waals surface area contributed by atoms with Gasteiger partial charge >= 0.3 is 0 Å². The minimum atomic E-state index is -4.59. The molecular weight excluding hydrogens is 659 g/mol. The Hall–Kier alpha value is -1.28. The Morgan fingerprint density at radius 1 is 0.667 bits per heavy atom. The number of carbonyl (C=O) groups excluding carboxylic acids is 1. The van der Waals surface area contributed by atoms with Crippen LogP contribution in [-0.4, -0.2) is 68.5 Å². The molecule has 0 rings (SSSR count). The maximum absolute atomic E-state index is 12.8. The molecule has 3 atom stereocenters. The van der Waals surface area contributed by atoms with Crippen molar-refractivity contribution in [2.75, 3.05) is 40.9 Å². The number of aliphatic hydroxyl groups is 1. The Bertz CT molecular complexity index is 933. The number of allylic oxidation sites excluding steroid dienone is 5. The van der Waals surface area contributed by atoms with Crippen molar-refractivity contribution in [3.05, 3.63) is 36.5 Å². The summed E-state index contributed by atoms with van der Waals surface area (Å²) in [6.45, 7) is 4.59. The van der Waals surface area contributed by atoms with E-state index < -0.39 is 26.6 Å². The van der Waals surface area contributed by atoms with Crippen LogP contribution in [0.1, 0.15) is 174 Å². The predicted octanol–water partition coefficient (Wildman–Crippen LogP) is 10.5. The lowest BCUT2D eigenvalue weighted by Crippen LogP contribution is -2.45. The first-order chi connectivity index (χ1) is 24.5. The molecule has 0 aliphatic carbocycles. The number of hydrogen-bond acceptors (Lipinski definition) is 6. The monoisotopic (exact) mass is 741 g/mol. The second kappa shape index (κ2) is 34.5. The molecular formula is C42H81N2O6P. The number of likely N-dealkylation sites (N-methyl/N-ethyl adjacent to an activating group) is 1. The average Bonchev–Trinajstić information content (AvgIpc) is 3.07. The van der Waals surface area contributed by atoms with Crippen LogP contribution < -0.4 is 10.2 Å². The molecule has 0 saturated carbocycles. The van der Waals surface area contributed by atoms with Gasteiger partial charge in [0, 0.05) is 6.42 Å². The van der Waals surface area contributed by atoms with Gasteiger partial charge in [-0.3, -0.25) is 9.36 Å². The van der Waals surface area contributed by atoms with Gasteiger partial charge in [0.05, 0.1) is 39.9 Å². The molecule has 300 valence electrons. The molecule has 0 aromatic heterocycles. The lowest BCUT2D eigenvalue weighted by atomic mass is 10.1. The van der Waals surface area contributed by atoms with Crippen molar-refractivity contribution in [3.8, 4) is 0 Å². The minimum Gasteiger partial charge on any atom is -0.756 e. The lowest BCUT2D eigenvalue weighted by Gasteiger charge is -2.29. The molecule has 0 aliphatic rings. The first-order valence-electron chi connectivity index (χ1n) is 20.9. The highest BCUT2D eigenvalue weighted by Crippen LogP contribution is 2.38. The fourth-order valence-corrected chi connectivity index (χ4v) is 6.41. The zero-order valence-corrected chi connectivity index (χ0v) is 34.7. The first kappa shape index (κ1) is 49.7. The van der Waals surface area contributed by atoms with Gasteiger partial charge in [-0.2, -0.15) is 0 Å². The molecule has 0 bridgehead atoms. The van der Waals surface area contributed by atoms with Gasteiger partial charge in [0.15, 0.2) is 0 Å². The van der Waals surface area contributed by atoms with Crippen molar-refractivity contribution in [2.45, 2.75) is 187 Å². The highest BCUT2D eigenvalue weighted by atomic mass is 31.2. The van der Waals surface area contributed by atoms with Crippen molar-refractivity contribution < 1.29 is 32.9 Å². The molecule has 0 aromatic carbocycles. The number of amides is 1. The molecule has 0 aliphatic heterocycles. The second-order valence-electron chi connectivity index (χ2n) is 15.3. The summed E-state index contributed by atoms with van der Waals surface area (Å²) in [5.74, 6) is -0.218. The van der Waals surface area contributed by atoms with Crippen LogP contribution in [0.15, 0.2) is 36.5 Å². The maximum atomic E-state index is 12.8. The summed E-state index contributed by atoms with van der Waals surface area (Å²) in [4.78, 5) is 25.2. The summed E-state index contributed by atoms with van der Waals surface area (Å²) in [6.07, 6.45) is 40.4. The maximum Gasteiger partial charge on any atom is 0.268 e. The SMILES string of the molecule is CCCCCCC/C=C/CCCCCCCC(=O)N[C@@H](COP(=O)([O-])OCC[N+](C)(C)C)[C@H](O)/C=C/CC/C=C/CCCCCCCCCCC. The Balaban J connectivity index is 4.55. The van der Waals surface area contributed by atoms with Crippen LogP contribution in [0.2, 0.25) is 0 Å². The van der Waals surface area contributed by atoms with E-state index in [1.54, 1.807) is 6.08 Å². The van der Waals surface area contributed by atoms with E-state index in [9.17, 15) is 19.4 Å².